The van der Waals surface area contributed by atoms with Crippen LogP contribution in [0.4, 0.5) is 5.69 Å². The number of nitrogens with zero attached hydrogens (tertiary/aromatic N) is 5. The van der Waals surface area contributed by atoms with Crippen molar-refractivity contribution in [2.75, 3.05) is 25.7 Å². The molecule has 0 aliphatic heterocycles. The van der Waals surface area contributed by atoms with Crippen LogP contribution in [0.15, 0.2) is 59.5 Å². The Morgan fingerprint density at radius 1 is 1.26 bits per heavy atom. The first-order valence-corrected chi connectivity index (χ1v) is 11.7. The van der Waals surface area contributed by atoms with Gasteiger partial charge in [0.25, 0.3) is 5.91 Å². The Balaban J connectivity index is 0.00000324. The van der Waals surface area contributed by atoms with Gasteiger partial charge in [0.2, 0.25) is 7.60 Å². The molecule has 172 valence electrons. The van der Waals surface area contributed by atoms with Crippen molar-refractivity contribution in [2.24, 2.45) is 0 Å². The van der Waals surface area contributed by atoms with Crippen LogP contribution in [0.3, 0.4) is 0 Å². The number of rotatable bonds is 9. The maximum absolute atomic E-state index is 12.8. The van der Waals surface area contributed by atoms with Crippen molar-refractivity contribution in [3.63, 3.8) is 0 Å². The van der Waals surface area contributed by atoms with Crippen molar-refractivity contribution in [3.05, 3.63) is 60.9 Å². The summed E-state index contributed by atoms with van der Waals surface area (Å²) >= 11 is 0. The number of methoxy groups -OCH3 is 1. The van der Waals surface area contributed by atoms with Crippen molar-refractivity contribution in [1.29, 1.82) is 0 Å². The third kappa shape index (κ3) is 6.44. The van der Waals surface area contributed by atoms with Crippen LogP contribution in [0.2, 0.25) is 0 Å². The number of nitrogens with one attached hydrogen (secondary N) is 1. The first-order valence-electron chi connectivity index (χ1n) is 9.75. The maximum Gasteiger partial charge on any atom is 1.00 e. The molecular weight excluding hydrogens is 474 g/mol. The minimum atomic E-state index is -4.02. The van der Waals surface area contributed by atoms with Gasteiger partial charge in [0.1, 0.15) is 11.5 Å². The van der Waals surface area contributed by atoms with Crippen molar-refractivity contribution in [2.45, 2.75) is 6.54 Å². The second kappa shape index (κ2) is 11.1. The quantitative estimate of drug-likeness (QED) is 0.226. The van der Waals surface area contributed by atoms with Gasteiger partial charge in [-0.05, 0) is 24.3 Å². The van der Waals surface area contributed by atoms with E-state index in [1.165, 1.54) is 18.5 Å². The van der Waals surface area contributed by atoms with Crippen LogP contribution in [0.1, 0.15) is 10.6 Å². The summed E-state index contributed by atoms with van der Waals surface area (Å²) in [4.78, 5) is 29.2. The molecule has 12 nitrogen and oxygen atoms in total. The van der Waals surface area contributed by atoms with Crippen LogP contribution in [0.5, 0.6) is 0 Å². The molecule has 0 spiro atoms. The molecule has 1 unspecified atom stereocenters. The van der Waals surface area contributed by atoms with E-state index in [-0.39, 0.29) is 35.3 Å². The van der Waals surface area contributed by atoms with E-state index < -0.39 is 13.5 Å². The second-order valence-corrected chi connectivity index (χ2v) is 8.67. The number of anilines is 1. The molecule has 0 aliphatic carbocycles. The summed E-state index contributed by atoms with van der Waals surface area (Å²) in [6.07, 6.45) is 6.02. The molecular formula is C20H20N6NaO6P. The maximum atomic E-state index is 12.8. The zero-order chi connectivity index (χ0) is 23.4. The number of furan rings is 1. The summed E-state index contributed by atoms with van der Waals surface area (Å²) in [5.41, 5.74) is 2.00. The van der Waals surface area contributed by atoms with Crippen molar-refractivity contribution < 1.29 is 57.6 Å². The first-order chi connectivity index (χ1) is 15.8. The summed E-state index contributed by atoms with van der Waals surface area (Å²) in [6.45, 7) is 1.88. The van der Waals surface area contributed by atoms with Gasteiger partial charge in [-0.3, -0.25) is 19.0 Å². The number of hydrogen-bond donors (Lipinski definition) is 1. The van der Waals surface area contributed by atoms with Gasteiger partial charge >= 0.3 is 29.6 Å². The topological polar surface area (TPSA) is 149 Å². The fraction of sp³-hybridized carbons (Fsp3) is 0.200. The minimum absolute atomic E-state index is 0. The molecule has 4 rings (SSSR count). The van der Waals surface area contributed by atoms with Gasteiger partial charge < -0.3 is 24.0 Å². The van der Waals surface area contributed by atoms with E-state index in [9.17, 15) is 14.3 Å². The van der Waals surface area contributed by atoms with E-state index in [0.717, 1.165) is 11.5 Å². The molecule has 1 amide bonds. The van der Waals surface area contributed by atoms with Gasteiger partial charge in [0.05, 0.1) is 42.5 Å². The van der Waals surface area contributed by atoms with Crippen molar-refractivity contribution in [1.82, 2.24) is 24.7 Å². The molecule has 0 radical (unpaired) electrons. The fourth-order valence-corrected chi connectivity index (χ4v) is 3.33. The molecule has 0 saturated carbocycles. The summed E-state index contributed by atoms with van der Waals surface area (Å²) in [7, 11) is -2.42. The van der Waals surface area contributed by atoms with Gasteiger partial charge in [0, 0.05) is 26.2 Å². The number of aromatic nitrogens is 5. The molecule has 14 heteroatoms. The van der Waals surface area contributed by atoms with E-state index >= 15 is 0 Å². The second-order valence-electron chi connectivity index (χ2n) is 6.96. The van der Waals surface area contributed by atoms with Crippen molar-refractivity contribution in [3.8, 4) is 22.7 Å². The summed E-state index contributed by atoms with van der Waals surface area (Å²) in [5, 5.41) is 11.1. The molecule has 1 atom stereocenters. The number of amides is 1. The van der Waals surface area contributed by atoms with Gasteiger partial charge in [0.15, 0.2) is 5.76 Å². The van der Waals surface area contributed by atoms with Gasteiger partial charge in [-0.25, -0.2) is 0 Å². The van der Waals surface area contributed by atoms with E-state index in [1.54, 1.807) is 42.4 Å². The summed E-state index contributed by atoms with van der Waals surface area (Å²) < 4.78 is 28.3. The molecule has 4 aromatic rings. The number of hydrogen-bond acceptors (Lipinski definition) is 9. The zero-order valence-corrected chi connectivity index (χ0v) is 21.6. The third-order valence-corrected chi connectivity index (χ3v) is 4.81. The molecule has 1 N–H and O–H groups in total. The Hall–Kier alpha value is -2.73. The number of ether oxygens (including phenoxy) is 1. The third-order valence-electron chi connectivity index (χ3n) is 4.35. The first kappa shape index (κ1) is 25.9. The Labute approximate surface area is 216 Å². The van der Waals surface area contributed by atoms with Crippen molar-refractivity contribution >= 4 is 19.2 Å². The van der Waals surface area contributed by atoms with E-state index in [1.807, 2.05) is 6.07 Å². The number of carbonyl (C=O) groups is 1. The molecule has 0 bridgehead atoms. The fourth-order valence-electron chi connectivity index (χ4n) is 2.93. The van der Waals surface area contributed by atoms with Gasteiger partial charge in [-0.2, -0.15) is 5.10 Å². The Morgan fingerprint density at radius 3 is 2.79 bits per heavy atom. The van der Waals surface area contributed by atoms with Gasteiger partial charge in [-0.15, -0.1) is 9.94 Å². The summed E-state index contributed by atoms with van der Waals surface area (Å²) in [6, 6.07) is 8.48. The Morgan fingerprint density at radius 2 is 2.09 bits per heavy atom. The summed E-state index contributed by atoms with van der Waals surface area (Å²) in [5.74, 6) is -0.140. The molecule has 0 aromatic carbocycles. The molecule has 0 saturated heterocycles. The van der Waals surface area contributed by atoms with Crippen LogP contribution in [0, 0.1) is 0 Å². The monoisotopic (exact) mass is 494 g/mol. The average Bonchev–Trinajstić information content (AvgIpc) is 3.51. The zero-order valence-electron chi connectivity index (χ0n) is 18.7. The average molecular weight is 494 g/mol. The standard InChI is InChI=1S/C20H21N6O6P.Na/c1-30-10-9-25-13-16(19(24-25)15-5-3-4-8-21-15)23-20(27)18-7-6-17(31-18)14-11-22-26(12-14)32-33(2,28)29;/h3-8,11-13H,9-10H2,1-2H3,(H,23,27)(H,28,29);/q;+1/p-1. The number of pyridine rings is 1. The van der Waals surface area contributed by atoms with Crippen LogP contribution < -0.4 is 44.4 Å². The normalized spacial score (nSPS) is 12.6. The predicted molar refractivity (Wildman–Crippen MR) is 115 cm³/mol. The molecule has 0 aliphatic rings. The minimum Gasteiger partial charge on any atom is -0.767 e. The molecule has 4 heterocycles. The van der Waals surface area contributed by atoms with Crippen LogP contribution >= 0.6 is 7.60 Å². The Bertz CT molecular complexity index is 1300. The van der Waals surface area contributed by atoms with Crippen LogP contribution in [-0.2, 0) is 15.8 Å². The molecule has 34 heavy (non-hydrogen) atoms. The molecule has 4 aromatic heterocycles. The van der Waals surface area contributed by atoms with E-state index in [4.69, 9.17) is 9.15 Å². The molecule has 0 fully saturated rings. The van der Waals surface area contributed by atoms with E-state index in [2.05, 4.69) is 25.1 Å². The Kier molecular flexibility index (Phi) is 8.47. The smallest absolute Gasteiger partial charge is 0.767 e. The predicted octanol–water partition coefficient (Wildman–Crippen LogP) is -1.08. The van der Waals surface area contributed by atoms with Gasteiger partial charge in [-0.1, -0.05) is 6.07 Å². The van der Waals surface area contributed by atoms with Crippen LogP contribution in [0.25, 0.3) is 22.7 Å². The SMILES string of the molecule is COCCn1cc(NC(=O)c2ccc(-c3cnn(OP(C)(=O)[O-])c3)o2)c(-c2ccccn2)n1.[Na+]. The van der Waals surface area contributed by atoms with E-state index in [0.29, 0.717) is 41.6 Å². The van der Waals surface area contributed by atoms with Crippen LogP contribution in [-0.4, -0.2) is 51.0 Å². The number of carbonyl (C=O) groups excluding carboxylic acids is 1. The largest absolute Gasteiger partial charge is 1.00 e.